The minimum atomic E-state index is 0.266. The SMILES string of the molecule is N=C1CCOC(C2CC2)C(CCN)N1. The van der Waals surface area contributed by atoms with Crippen LogP contribution in [0.3, 0.4) is 0 Å². The van der Waals surface area contributed by atoms with Crippen molar-refractivity contribution < 1.29 is 4.74 Å². The van der Waals surface area contributed by atoms with Gasteiger partial charge >= 0.3 is 0 Å². The van der Waals surface area contributed by atoms with E-state index >= 15 is 0 Å². The molecule has 2 atom stereocenters. The fraction of sp³-hybridized carbons (Fsp3) is 0.900. The lowest BCUT2D eigenvalue weighted by Gasteiger charge is -2.25. The second-order valence-electron chi connectivity index (χ2n) is 4.23. The Hall–Kier alpha value is -0.610. The van der Waals surface area contributed by atoms with E-state index in [9.17, 15) is 0 Å². The Morgan fingerprint density at radius 1 is 1.50 bits per heavy atom. The molecule has 1 saturated carbocycles. The van der Waals surface area contributed by atoms with Gasteiger partial charge in [-0.15, -0.1) is 0 Å². The first-order chi connectivity index (χ1) is 6.81. The third-order valence-corrected chi connectivity index (χ3v) is 2.98. The van der Waals surface area contributed by atoms with E-state index in [1.54, 1.807) is 0 Å². The van der Waals surface area contributed by atoms with Crippen molar-refractivity contribution in [1.82, 2.24) is 5.32 Å². The van der Waals surface area contributed by atoms with Crippen molar-refractivity contribution in [3.05, 3.63) is 0 Å². The number of ether oxygens (including phenoxy) is 1. The molecule has 0 amide bonds. The van der Waals surface area contributed by atoms with Gasteiger partial charge in [0, 0.05) is 6.42 Å². The maximum absolute atomic E-state index is 7.66. The van der Waals surface area contributed by atoms with E-state index in [0.29, 0.717) is 37.4 Å². The predicted molar refractivity (Wildman–Crippen MR) is 55.4 cm³/mol. The summed E-state index contributed by atoms with van der Waals surface area (Å²) in [5, 5.41) is 10.9. The molecule has 1 heterocycles. The second kappa shape index (κ2) is 4.28. The average Bonchev–Trinajstić information content (AvgIpc) is 2.93. The van der Waals surface area contributed by atoms with Gasteiger partial charge in [0.25, 0.3) is 0 Å². The van der Waals surface area contributed by atoms with Gasteiger partial charge in [-0.25, -0.2) is 0 Å². The van der Waals surface area contributed by atoms with Crippen LogP contribution in [0.5, 0.6) is 0 Å². The first-order valence-electron chi connectivity index (χ1n) is 5.47. The summed E-state index contributed by atoms with van der Waals surface area (Å²) in [5.74, 6) is 1.32. The zero-order chi connectivity index (χ0) is 9.97. The number of nitrogens with one attached hydrogen (secondary N) is 2. The molecule has 4 heteroatoms. The van der Waals surface area contributed by atoms with Crippen LogP contribution >= 0.6 is 0 Å². The topological polar surface area (TPSA) is 71.1 Å². The van der Waals surface area contributed by atoms with E-state index in [-0.39, 0.29) is 6.04 Å². The highest BCUT2D eigenvalue weighted by Crippen LogP contribution is 2.37. The highest BCUT2D eigenvalue weighted by Gasteiger charge is 2.38. The summed E-state index contributed by atoms with van der Waals surface area (Å²) in [5.41, 5.74) is 5.57. The van der Waals surface area contributed by atoms with E-state index in [1.165, 1.54) is 12.8 Å². The summed E-state index contributed by atoms with van der Waals surface area (Å²) in [6, 6.07) is 0.266. The van der Waals surface area contributed by atoms with Crippen LogP contribution in [0, 0.1) is 11.3 Å². The van der Waals surface area contributed by atoms with Crippen molar-refractivity contribution in [2.75, 3.05) is 13.2 Å². The Morgan fingerprint density at radius 3 is 2.93 bits per heavy atom. The molecule has 0 aromatic heterocycles. The molecule has 2 fully saturated rings. The molecular weight excluding hydrogens is 178 g/mol. The molecular formula is C10H19N3O. The van der Waals surface area contributed by atoms with Crippen molar-refractivity contribution >= 4 is 5.84 Å². The lowest BCUT2D eigenvalue weighted by molar-refractivity contribution is 0.0261. The van der Waals surface area contributed by atoms with Crippen molar-refractivity contribution in [3.63, 3.8) is 0 Å². The summed E-state index contributed by atoms with van der Waals surface area (Å²) in [7, 11) is 0. The Morgan fingerprint density at radius 2 is 2.29 bits per heavy atom. The number of nitrogens with two attached hydrogens (primary N) is 1. The molecule has 0 bridgehead atoms. The lowest BCUT2D eigenvalue weighted by atomic mass is 10.0. The zero-order valence-corrected chi connectivity index (χ0v) is 8.46. The summed E-state index contributed by atoms with van der Waals surface area (Å²) < 4.78 is 5.80. The van der Waals surface area contributed by atoms with Crippen LogP contribution in [0.15, 0.2) is 0 Å². The van der Waals surface area contributed by atoms with Crippen LogP contribution < -0.4 is 11.1 Å². The van der Waals surface area contributed by atoms with Crippen LogP contribution in [0.4, 0.5) is 0 Å². The molecule has 2 rings (SSSR count). The maximum atomic E-state index is 7.66. The van der Waals surface area contributed by atoms with Crippen molar-refractivity contribution in [1.29, 1.82) is 5.41 Å². The molecule has 1 aliphatic heterocycles. The van der Waals surface area contributed by atoms with Crippen LogP contribution in [-0.2, 0) is 4.74 Å². The molecule has 0 aromatic carbocycles. The first-order valence-corrected chi connectivity index (χ1v) is 5.47. The molecule has 4 N–H and O–H groups in total. The van der Waals surface area contributed by atoms with E-state index in [0.717, 1.165) is 6.42 Å². The van der Waals surface area contributed by atoms with Gasteiger partial charge in [0.05, 0.1) is 24.6 Å². The first kappa shape index (κ1) is 9.93. The molecule has 14 heavy (non-hydrogen) atoms. The molecule has 0 spiro atoms. The summed E-state index contributed by atoms with van der Waals surface area (Å²) in [4.78, 5) is 0. The third kappa shape index (κ3) is 2.25. The van der Waals surface area contributed by atoms with Crippen molar-refractivity contribution in [3.8, 4) is 0 Å². The largest absolute Gasteiger partial charge is 0.375 e. The predicted octanol–water partition coefficient (Wildman–Crippen LogP) is 0.470. The smallest absolute Gasteiger partial charge is 0.0957 e. The van der Waals surface area contributed by atoms with E-state index in [4.69, 9.17) is 15.9 Å². The standard InChI is InChI=1S/C10H19N3O/c11-5-3-8-10(7-1-2-7)14-6-4-9(12)13-8/h7-8,10H,1-6,11H2,(H2,12,13). The molecule has 1 saturated heterocycles. The fourth-order valence-electron chi connectivity index (χ4n) is 2.10. The zero-order valence-electron chi connectivity index (χ0n) is 8.46. The Kier molecular flexibility index (Phi) is 3.03. The minimum Gasteiger partial charge on any atom is -0.375 e. The molecule has 0 aromatic rings. The van der Waals surface area contributed by atoms with Crippen molar-refractivity contribution in [2.24, 2.45) is 11.7 Å². The highest BCUT2D eigenvalue weighted by molar-refractivity contribution is 5.79. The van der Waals surface area contributed by atoms with Gasteiger partial charge < -0.3 is 15.8 Å². The van der Waals surface area contributed by atoms with Crippen LogP contribution in [0.25, 0.3) is 0 Å². The summed E-state index contributed by atoms with van der Waals surface area (Å²) >= 11 is 0. The van der Waals surface area contributed by atoms with Crippen LogP contribution in [-0.4, -0.2) is 31.1 Å². The molecule has 0 radical (unpaired) electrons. The van der Waals surface area contributed by atoms with Gasteiger partial charge in [-0.1, -0.05) is 0 Å². The third-order valence-electron chi connectivity index (χ3n) is 2.98. The van der Waals surface area contributed by atoms with Gasteiger partial charge in [-0.3, -0.25) is 5.41 Å². The molecule has 2 unspecified atom stereocenters. The summed E-state index contributed by atoms with van der Waals surface area (Å²) in [6.45, 7) is 1.35. The molecule has 4 nitrogen and oxygen atoms in total. The quantitative estimate of drug-likeness (QED) is 0.616. The molecule has 80 valence electrons. The number of rotatable bonds is 3. The number of hydrogen-bond acceptors (Lipinski definition) is 3. The average molecular weight is 197 g/mol. The highest BCUT2D eigenvalue weighted by atomic mass is 16.5. The van der Waals surface area contributed by atoms with E-state index < -0.39 is 0 Å². The summed E-state index contributed by atoms with van der Waals surface area (Å²) in [6.07, 6.45) is 4.47. The normalized spacial score (nSPS) is 33.6. The number of amidine groups is 1. The number of hydrogen-bond donors (Lipinski definition) is 3. The van der Waals surface area contributed by atoms with E-state index in [1.807, 2.05) is 0 Å². The van der Waals surface area contributed by atoms with Gasteiger partial charge in [-0.2, -0.15) is 0 Å². The van der Waals surface area contributed by atoms with Gasteiger partial charge in [0.1, 0.15) is 0 Å². The van der Waals surface area contributed by atoms with Crippen LogP contribution in [0.1, 0.15) is 25.7 Å². The fourth-order valence-corrected chi connectivity index (χ4v) is 2.10. The monoisotopic (exact) mass is 197 g/mol. The maximum Gasteiger partial charge on any atom is 0.0957 e. The van der Waals surface area contributed by atoms with Gasteiger partial charge in [-0.05, 0) is 31.7 Å². The van der Waals surface area contributed by atoms with E-state index in [2.05, 4.69) is 5.32 Å². The Balaban J connectivity index is 1.98. The Labute approximate surface area is 84.7 Å². The van der Waals surface area contributed by atoms with Crippen molar-refractivity contribution in [2.45, 2.75) is 37.8 Å². The van der Waals surface area contributed by atoms with Gasteiger partial charge in [0.15, 0.2) is 0 Å². The molecule has 2 aliphatic rings. The van der Waals surface area contributed by atoms with Crippen LogP contribution in [0.2, 0.25) is 0 Å². The minimum absolute atomic E-state index is 0.266. The second-order valence-corrected chi connectivity index (χ2v) is 4.23. The Bertz CT molecular complexity index is 215. The molecule has 1 aliphatic carbocycles. The lowest BCUT2D eigenvalue weighted by Crippen LogP contribution is -2.43. The van der Waals surface area contributed by atoms with Gasteiger partial charge in [0.2, 0.25) is 0 Å².